The molecule has 114 valence electrons. The Morgan fingerprint density at radius 3 is 2.70 bits per heavy atom. The van der Waals surface area contributed by atoms with E-state index in [0.29, 0.717) is 12.2 Å². The minimum absolute atomic E-state index is 0.136. The van der Waals surface area contributed by atoms with Crippen LogP contribution < -0.4 is 9.47 Å². The highest BCUT2D eigenvalue weighted by Crippen LogP contribution is 2.40. The number of fused-ring (bicyclic) bond motifs is 1. The van der Waals surface area contributed by atoms with Gasteiger partial charge in [-0.3, -0.25) is 4.79 Å². The number of phenolic OH excluding ortho intramolecular Hbond substituents is 1. The molecule has 2 aromatic carbocycles. The van der Waals surface area contributed by atoms with E-state index in [1.54, 1.807) is 24.3 Å². The number of allylic oxidation sites excluding steroid dienone is 1. The van der Waals surface area contributed by atoms with Gasteiger partial charge in [0.05, 0.1) is 19.6 Å². The van der Waals surface area contributed by atoms with Gasteiger partial charge in [-0.1, -0.05) is 24.3 Å². The van der Waals surface area contributed by atoms with Gasteiger partial charge in [0, 0.05) is 12.1 Å². The van der Waals surface area contributed by atoms with Gasteiger partial charge in [-0.2, -0.15) is 5.26 Å². The Balaban J connectivity index is 1.92. The van der Waals surface area contributed by atoms with Gasteiger partial charge in [-0.25, -0.2) is 0 Å². The lowest BCUT2D eigenvalue weighted by molar-refractivity contribution is 0.101. The number of methoxy groups -OCH3 is 1. The summed E-state index contributed by atoms with van der Waals surface area (Å²) in [6.07, 6.45) is 1.94. The molecule has 0 amide bonds. The van der Waals surface area contributed by atoms with Gasteiger partial charge >= 0.3 is 0 Å². The van der Waals surface area contributed by atoms with Crippen molar-refractivity contribution >= 4 is 11.9 Å². The second kappa shape index (κ2) is 5.85. The molecular formula is C18H13NO4. The molecule has 23 heavy (non-hydrogen) atoms. The normalized spacial score (nSPS) is 14.3. The summed E-state index contributed by atoms with van der Waals surface area (Å²) in [5.74, 6) is 0.283. The van der Waals surface area contributed by atoms with E-state index in [2.05, 4.69) is 6.07 Å². The average Bonchev–Trinajstić information content (AvgIpc) is 2.86. The molecule has 5 heteroatoms. The van der Waals surface area contributed by atoms with Crippen LogP contribution in [0.1, 0.15) is 21.5 Å². The number of hydrogen-bond donors (Lipinski definition) is 1. The van der Waals surface area contributed by atoms with E-state index in [0.717, 1.165) is 11.1 Å². The van der Waals surface area contributed by atoms with Crippen LogP contribution in [0.25, 0.3) is 6.08 Å². The molecule has 2 aromatic rings. The van der Waals surface area contributed by atoms with Gasteiger partial charge < -0.3 is 14.6 Å². The fraction of sp³-hybridized carbons (Fsp3) is 0.111. The first-order chi connectivity index (χ1) is 11.1. The molecule has 0 radical (unpaired) electrons. The zero-order chi connectivity index (χ0) is 16.4. The highest BCUT2D eigenvalue weighted by molar-refractivity contribution is 6.16. The molecule has 0 aromatic heterocycles. The summed E-state index contributed by atoms with van der Waals surface area (Å²) < 4.78 is 10.6. The number of phenols is 1. The Hall–Kier alpha value is -3.26. The van der Waals surface area contributed by atoms with E-state index in [1.807, 2.05) is 12.1 Å². The van der Waals surface area contributed by atoms with Gasteiger partial charge in [-0.05, 0) is 17.2 Å². The zero-order valence-electron chi connectivity index (χ0n) is 12.4. The van der Waals surface area contributed by atoms with Crippen molar-refractivity contribution in [2.75, 3.05) is 7.11 Å². The molecule has 1 heterocycles. The second-order valence-electron chi connectivity index (χ2n) is 5.04. The Bertz CT molecular complexity index is 845. The van der Waals surface area contributed by atoms with Crippen molar-refractivity contribution < 1.29 is 19.4 Å². The van der Waals surface area contributed by atoms with Crippen molar-refractivity contribution in [3.8, 4) is 23.3 Å². The molecule has 0 saturated heterocycles. The van der Waals surface area contributed by atoms with Crippen molar-refractivity contribution in [2.45, 2.75) is 6.42 Å². The third kappa shape index (κ3) is 2.74. The van der Waals surface area contributed by atoms with Crippen LogP contribution in [0, 0.1) is 11.3 Å². The molecular weight excluding hydrogens is 294 g/mol. The summed E-state index contributed by atoms with van der Waals surface area (Å²) in [6.45, 7) is 0. The zero-order valence-corrected chi connectivity index (χ0v) is 12.4. The van der Waals surface area contributed by atoms with Gasteiger partial charge in [0.25, 0.3) is 0 Å². The fourth-order valence-corrected chi connectivity index (χ4v) is 2.36. The van der Waals surface area contributed by atoms with Gasteiger partial charge in [-0.15, -0.1) is 0 Å². The fourth-order valence-electron chi connectivity index (χ4n) is 2.36. The van der Waals surface area contributed by atoms with Gasteiger partial charge in [0.1, 0.15) is 22.8 Å². The van der Waals surface area contributed by atoms with Crippen molar-refractivity contribution in [1.29, 1.82) is 5.26 Å². The first kappa shape index (κ1) is 14.7. The number of aromatic hydroxyl groups is 1. The summed E-state index contributed by atoms with van der Waals surface area (Å²) in [5.41, 5.74) is 1.81. The molecule has 0 fully saturated rings. The number of ether oxygens (including phenoxy) is 2. The van der Waals surface area contributed by atoms with Crippen LogP contribution in [0.15, 0.2) is 42.2 Å². The second-order valence-corrected chi connectivity index (χ2v) is 5.04. The lowest BCUT2D eigenvalue weighted by atomic mass is 10.1. The number of nitrogens with zero attached hydrogens (tertiary/aromatic N) is 1. The van der Waals surface area contributed by atoms with Crippen molar-refractivity contribution in [3.63, 3.8) is 0 Å². The number of Topliss-reactive ketones (excluding diaryl/α,β-unsaturated/α-hetero) is 1. The molecule has 3 rings (SSSR count). The highest BCUT2D eigenvalue weighted by Gasteiger charge is 2.31. The first-order valence-electron chi connectivity index (χ1n) is 6.93. The van der Waals surface area contributed by atoms with Crippen molar-refractivity contribution in [2.24, 2.45) is 0 Å². The van der Waals surface area contributed by atoms with Crippen LogP contribution in [0.2, 0.25) is 0 Å². The van der Waals surface area contributed by atoms with Gasteiger partial charge in [0.15, 0.2) is 5.76 Å². The van der Waals surface area contributed by atoms with Crippen LogP contribution in [0.3, 0.4) is 0 Å². The minimum Gasteiger partial charge on any atom is -0.507 e. The Labute approximate surface area is 133 Å². The molecule has 0 atom stereocenters. The van der Waals surface area contributed by atoms with E-state index < -0.39 is 0 Å². The number of hydrogen-bond acceptors (Lipinski definition) is 5. The Morgan fingerprint density at radius 2 is 2.04 bits per heavy atom. The molecule has 1 aliphatic rings. The summed E-state index contributed by atoms with van der Waals surface area (Å²) in [6, 6.07) is 12.3. The largest absolute Gasteiger partial charge is 0.507 e. The number of rotatable bonds is 3. The smallest absolute Gasteiger partial charge is 0.235 e. The molecule has 0 spiro atoms. The number of carbonyl (C=O) groups excluding carboxylic acids is 1. The minimum atomic E-state index is -0.374. The molecule has 1 N–H and O–H groups in total. The highest BCUT2D eigenvalue weighted by atomic mass is 16.5. The lowest BCUT2D eigenvalue weighted by Gasteiger charge is -2.03. The Kier molecular flexibility index (Phi) is 3.73. The van der Waals surface area contributed by atoms with Crippen LogP contribution >= 0.6 is 0 Å². The monoisotopic (exact) mass is 307 g/mol. The summed E-state index contributed by atoms with van der Waals surface area (Å²) in [4.78, 5) is 12.4. The molecule has 0 unspecified atom stereocenters. The molecule has 0 saturated carbocycles. The van der Waals surface area contributed by atoms with Crippen LogP contribution in [0.5, 0.6) is 17.2 Å². The van der Waals surface area contributed by atoms with E-state index in [9.17, 15) is 9.90 Å². The number of benzene rings is 2. The number of nitriles is 1. The standard InChI is InChI=1S/C18H13NO4/c1-22-13-9-14(20)17-15(10-13)23-16(18(17)21)8-12-4-2-11(3-5-12)6-7-19/h2-5,8-10,20H,6H2,1H3/b16-8-. The number of ketones is 1. The lowest BCUT2D eigenvalue weighted by Crippen LogP contribution is -1.98. The average molecular weight is 307 g/mol. The summed E-state index contributed by atoms with van der Waals surface area (Å²) >= 11 is 0. The van der Waals surface area contributed by atoms with Gasteiger partial charge in [0.2, 0.25) is 5.78 Å². The predicted octanol–water partition coefficient (Wildman–Crippen LogP) is 3.08. The molecule has 1 aliphatic heterocycles. The molecule has 5 nitrogen and oxygen atoms in total. The molecule has 0 aliphatic carbocycles. The maximum Gasteiger partial charge on any atom is 0.235 e. The maximum absolute atomic E-state index is 12.4. The topological polar surface area (TPSA) is 79.5 Å². The van der Waals surface area contributed by atoms with E-state index in [-0.39, 0.29) is 28.6 Å². The van der Waals surface area contributed by atoms with E-state index in [1.165, 1.54) is 13.2 Å². The molecule has 0 bridgehead atoms. The van der Waals surface area contributed by atoms with Crippen LogP contribution in [-0.2, 0) is 6.42 Å². The van der Waals surface area contributed by atoms with Crippen LogP contribution in [-0.4, -0.2) is 18.0 Å². The van der Waals surface area contributed by atoms with Crippen molar-refractivity contribution in [1.82, 2.24) is 0 Å². The Morgan fingerprint density at radius 1 is 1.30 bits per heavy atom. The SMILES string of the molecule is COc1cc(O)c2c(c1)O/C(=C\c1ccc(CC#N)cc1)C2=O. The predicted molar refractivity (Wildman–Crippen MR) is 83.4 cm³/mol. The summed E-state index contributed by atoms with van der Waals surface area (Å²) in [5, 5.41) is 18.6. The quantitative estimate of drug-likeness (QED) is 0.881. The maximum atomic E-state index is 12.4. The third-order valence-corrected chi connectivity index (χ3v) is 3.52. The van der Waals surface area contributed by atoms with E-state index >= 15 is 0 Å². The van der Waals surface area contributed by atoms with E-state index in [4.69, 9.17) is 14.7 Å². The summed E-state index contributed by atoms with van der Waals surface area (Å²) in [7, 11) is 1.47. The number of carbonyl (C=O) groups is 1. The van der Waals surface area contributed by atoms with Crippen molar-refractivity contribution in [3.05, 3.63) is 58.8 Å². The van der Waals surface area contributed by atoms with Crippen LogP contribution in [0.4, 0.5) is 0 Å². The third-order valence-electron chi connectivity index (χ3n) is 3.52. The first-order valence-corrected chi connectivity index (χ1v) is 6.93.